The molecule has 0 aromatic carbocycles. The second kappa shape index (κ2) is 10.8. The highest BCUT2D eigenvalue weighted by atomic mass is 16.2. The van der Waals surface area contributed by atoms with Gasteiger partial charge in [-0.2, -0.15) is 0 Å². The Morgan fingerprint density at radius 2 is 1.69 bits per heavy atom. The Bertz CT molecular complexity index is 515. The van der Waals surface area contributed by atoms with Crippen LogP contribution < -0.4 is 11.1 Å². The number of carbonyl (C=O) groups excluding carboxylic acids is 4. The zero-order chi connectivity index (χ0) is 19.7. The molecule has 0 aromatic heterocycles. The Morgan fingerprint density at radius 1 is 1.08 bits per heavy atom. The summed E-state index contributed by atoms with van der Waals surface area (Å²) in [5.74, 6) is -1.13. The zero-order valence-electron chi connectivity index (χ0n) is 16.1. The number of likely N-dealkylation sites (tertiary alicyclic amines) is 1. The lowest BCUT2D eigenvalue weighted by atomic mass is 10.0. The molecule has 8 nitrogen and oxygen atoms in total. The second-order valence-electron chi connectivity index (χ2n) is 7.35. The van der Waals surface area contributed by atoms with Gasteiger partial charge in [-0.25, -0.2) is 0 Å². The van der Waals surface area contributed by atoms with Crippen LogP contribution >= 0.6 is 0 Å². The molecule has 1 aliphatic rings. The van der Waals surface area contributed by atoms with Crippen molar-refractivity contribution in [1.82, 2.24) is 15.1 Å². The number of nitrogens with two attached hydrogens (primary N) is 1. The molecule has 4 amide bonds. The molecule has 0 aromatic rings. The average molecular weight is 368 g/mol. The van der Waals surface area contributed by atoms with E-state index < -0.39 is 11.9 Å². The van der Waals surface area contributed by atoms with Gasteiger partial charge in [0.1, 0.15) is 6.04 Å². The van der Waals surface area contributed by atoms with Gasteiger partial charge in [0, 0.05) is 33.0 Å². The molecule has 1 saturated heterocycles. The summed E-state index contributed by atoms with van der Waals surface area (Å²) in [4.78, 5) is 50.9. The van der Waals surface area contributed by atoms with Crippen LogP contribution in [-0.2, 0) is 19.2 Å². The van der Waals surface area contributed by atoms with Crippen molar-refractivity contribution < 1.29 is 19.2 Å². The SMILES string of the molecule is CC(C)C[C@@H](NC(=O)CCC(=O)N1CCCCC1)C(=O)N(C)CC(N)=O. The number of nitrogens with one attached hydrogen (secondary N) is 1. The number of rotatable bonds is 9. The molecule has 148 valence electrons. The molecule has 1 aliphatic heterocycles. The van der Waals surface area contributed by atoms with Crippen LogP contribution in [0.4, 0.5) is 0 Å². The molecular weight excluding hydrogens is 336 g/mol. The number of nitrogens with zero attached hydrogens (tertiary/aromatic N) is 2. The first-order chi connectivity index (χ1) is 12.2. The number of hydrogen-bond acceptors (Lipinski definition) is 4. The first-order valence-electron chi connectivity index (χ1n) is 9.31. The van der Waals surface area contributed by atoms with Crippen LogP contribution in [0.1, 0.15) is 52.4 Å². The van der Waals surface area contributed by atoms with Crippen molar-refractivity contribution in [3.63, 3.8) is 0 Å². The van der Waals surface area contributed by atoms with Crippen LogP contribution in [0.5, 0.6) is 0 Å². The molecule has 3 N–H and O–H groups in total. The Kier molecular flexibility index (Phi) is 9.09. The average Bonchev–Trinajstić information content (AvgIpc) is 2.58. The molecule has 0 unspecified atom stereocenters. The minimum absolute atomic E-state index is 0.0163. The van der Waals surface area contributed by atoms with Gasteiger partial charge in [-0.3, -0.25) is 19.2 Å². The predicted molar refractivity (Wildman–Crippen MR) is 97.9 cm³/mol. The van der Waals surface area contributed by atoms with Gasteiger partial charge < -0.3 is 20.9 Å². The van der Waals surface area contributed by atoms with Gasteiger partial charge in [-0.15, -0.1) is 0 Å². The monoisotopic (exact) mass is 368 g/mol. The fourth-order valence-corrected chi connectivity index (χ4v) is 3.06. The number of amides is 4. The maximum absolute atomic E-state index is 12.5. The summed E-state index contributed by atoms with van der Waals surface area (Å²) < 4.78 is 0. The smallest absolute Gasteiger partial charge is 0.245 e. The van der Waals surface area contributed by atoms with E-state index in [-0.39, 0.29) is 43.0 Å². The first kappa shape index (κ1) is 21.9. The van der Waals surface area contributed by atoms with E-state index in [1.165, 1.54) is 11.9 Å². The Balaban J connectivity index is 2.54. The Morgan fingerprint density at radius 3 is 2.23 bits per heavy atom. The van der Waals surface area contributed by atoms with Crippen LogP contribution in [-0.4, -0.2) is 66.2 Å². The molecule has 26 heavy (non-hydrogen) atoms. The van der Waals surface area contributed by atoms with Gasteiger partial charge in [-0.05, 0) is 31.6 Å². The van der Waals surface area contributed by atoms with Gasteiger partial charge in [0.05, 0.1) is 6.54 Å². The fraction of sp³-hybridized carbons (Fsp3) is 0.778. The summed E-state index contributed by atoms with van der Waals surface area (Å²) in [7, 11) is 1.48. The molecule has 1 fully saturated rings. The second-order valence-corrected chi connectivity index (χ2v) is 7.35. The third-order valence-corrected chi connectivity index (χ3v) is 4.38. The molecule has 0 bridgehead atoms. The lowest BCUT2D eigenvalue weighted by Crippen LogP contribution is -2.49. The minimum atomic E-state index is -0.725. The lowest BCUT2D eigenvalue weighted by Gasteiger charge is -2.27. The number of piperidine rings is 1. The highest BCUT2D eigenvalue weighted by molar-refractivity contribution is 5.91. The zero-order valence-corrected chi connectivity index (χ0v) is 16.1. The molecule has 0 radical (unpaired) electrons. The summed E-state index contributed by atoms with van der Waals surface area (Å²) in [6.45, 7) is 5.21. The van der Waals surface area contributed by atoms with Crippen LogP contribution in [0.15, 0.2) is 0 Å². The summed E-state index contributed by atoms with van der Waals surface area (Å²) in [5, 5.41) is 2.71. The topological polar surface area (TPSA) is 113 Å². The van der Waals surface area contributed by atoms with Crippen LogP contribution in [0.25, 0.3) is 0 Å². The van der Waals surface area contributed by atoms with Gasteiger partial charge >= 0.3 is 0 Å². The van der Waals surface area contributed by atoms with Crippen molar-refractivity contribution in [2.75, 3.05) is 26.7 Å². The molecule has 1 heterocycles. The maximum atomic E-state index is 12.5. The van der Waals surface area contributed by atoms with Gasteiger partial charge in [0.25, 0.3) is 0 Å². The summed E-state index contributed by atoms with van der Waals surface area (Å²) >= 11 is 0. The number of likely N-dealkylation sites (N-methyl/N-ethyl adjacent to an activating group) is 1. The highest BCUT2D eigenvalue weighted by Crippen LogP contribution is 2.11. The lowest BCUT2D eigenvalue weighted by molar-refractivity contribution is -0.138. The summed E-state index contributed by atoms with van der Waals surface area (Å²) in [6, 6.07) is -0.725. The van der Waals surface area contributed by atoms with Crippen LogP contribution in [0, 0.1) is 5.92 Å². The molecule has 0 aliphatic carbocycles. The molecule has 0 spiro atoms. The van der Waals surface area contributed by atoms with E-state index in [2.05, 4.69) is 5.32 Å². The van der Waals surface area contributed by atoms with E-state index in [1.807, 2.05) is 13.8 Å². The largest absolute Gasteiger partial charge is 0.368 e. The van der Waals surface area contributed by atoms with Crippen molar-refractivity contribution in [2.45, 2.75) is 58.4 Å². The quantitative estimate of drug-likeness (QED) is 0.607. The fourth-order valence-electron chi connectivity index (χ4n) is 3.06. The van der Waals surface area contributed by atoms with Crippen LogP contribution in [0.3, 0.4) is 0 Å². The number of primary amides is 1. The molecule has 1 rings (SSSR count). The minimum Gasteiger partial charge on any atom is -0.368 e. The van der Waals surface area contributed by atoms with E-state index >= 15 is 0 Å². The van der Waals surface area contributed by atoms with E-state index in [0.717, 1.165) is 32.4 Å². The van der Waals surface area contributed by atoms with Crippen molar-refractivity contribution >= 4 is 23.6 Å². The van der Waals surface area contributed by atoms with Gasteiger partial charge in [0.15, 0.2) is 0 Å². The van der Waals surface area contributed by atoms with Crippen molar-refractivity contribution in [1.29, 1.82) is 0 Å². The number of carbonyl (C=O) groups is 4. The van der Waals surface area contributed by atoms with E-state index in [1.54, 1.807) is 4.90 Å². The third kappa shape index (κ3) is 7.84. The first-order valence-corrected chi connectivity index (χ1v) is 9.31. The Labute approximate surface area is 155 Å². The van der Waals surface area contributed by atoms with Gasteiger partial charge in [-0.1, -0.05) is 13.8 Å². The van der Waals surface area contributed by atoms with Crippen molar-refractivity contribution in [2.24, 2.45) is 11.7 Å². The van der Waals surface area contributed by atoms with Crippen molar-refractivity contribution in [3.05, 3.63) is 0 Å². The standard InChI is InChI=1S/C18H32N4O4/c1-13(2)11-14(18(26)21(3)12-15(19)23)20-16(24)7-8-17(25)22-9-5-4-6-10-22/h13-14H,4-12H2,1-3H3,(H2,19,23)(H,20,24)/t14-/m1/s1. The summed E-state index contributed by atoms with van der Waals surface area (Å²) in [5.41, 5.74) is 5.12. The van der Waals surface area contributed by atoms with E-state index in [0.29, 0.717) is 6.42 Å². The third-order valence-electron chi connectivity index (χ3n) is 4.38. The normalized spacial score (nSPS) is 15.5. The highest BCUT2D eigenvalue weighted by Gasteiger charge is 2.26. The van der Waals surface area contributed by atoms with E-state index in [4.69, 9.17) is 5.73 Å². The Hall–Kier alpha value is -2.12. The molecule has 0 saturated carbocycles. The van der Waals surface area contributed by atoms with E-state index in [9.17, 15) is 19.2 Å². The maximum Gasteiger partial charge on any atom is 0.245 e. The van der Waals surface area contributed by atoms with Gasteiger partial charge in [0.2, 0.25) is 23.6 Å². The molecule has 1 atom stereocenters. The van der Waals surface area contributed by atoms with Crippen LogP contribution in [0.2, 0.25) is 0 Å². The summed E-state index contributed by atoms with van der Waals surface area (Å²) in [6.07, 6.45) is 3.81. The molecular formula is C18H32N4O4. The molecule has 8 heteroatoms. The number of hydrogen-bond donors (Lipinski definition) is 2. The predicted octanol–water partition coefficient (Wildman–Crippen LogP) is 0.254. The van der Waals surface area contributed by atoms with Crippen molar-refractivity contribution in [3.8, 4) is 0 Å².